The highest BCUT2D eigenvalue weighted by Crippen LogP contribution is 2.20. The molecule has 0 bridgehead atoms. The quantitative estimate of drug-likeness (QED) is 0.902. The van der Waals surface area contributed by atoms with E-state index < -0.39 is 0 Å². The molecule has 1 unspecified atom stereocenters. The molecule has 2 rings (SSSR count). The van der Waals surface area contributed by atoms with Crippen LogP contribution >= 0.6 is 0 Å². The van der Waals surface area contributed by atoms with Gasteiger partial charge < -0.3 is 5.73 Å². The Morgan fingerprint density at radius 1 is 1.37 bits per heavy atom. The van der Waals surface area contributed by atoms with Crippen molar-refractivity contribution in [2.24, 2.45) is 0 Å². The summed E-state index contributed by atoms with van der Waals surface area (Å²) in [5.74, 6) is 0. The van der Waals surface area contributed by atoms with Gasteiger partial charge in [-0.15, -0.1) is 0 Å². The van der Waals surface area contributed by atoms with Crippen LogP contribution in [-0.4, -0.2) is 47.0 Å². The number of nitrogens with two attached hydrogens (primary N) is 1. The highest BCUT2D eigenvalue weighted by atomic mass is 15.3. The maximum absolute atomic E-state index is 6.09. The Morgan fingerprint density at radius 3 is 2.74 bits per heavy atom. The Morgan fingerprint density at radius 2 is 2.11 bits per heavy atom. The Balaban J connectivity index is 2.05. The summed E-state index contributed by atoms with van der Waals surface area (Å²) in [6.45, 7) is 14.1. The third kappa shape index (κ3) is 3.07. The van der Waals surface area contributed by atoms with Gasteiger partial charge in [0.1, 0.15) is 0 Å². The molecule has 106 valence electrons. The van der Waals surface area contributed by atoms with Crippen LogP contribution in [0.15, 0.2) is 6.20 Å². The molecule has 0 spiro atoms. The van der Waals surface area contributed by atoms with Gasteiger partial charge >= 0.3 is 0 Å². The zero-order chi connectivity index (χ0) is 14.0. The van der Waals surface area contributed by atoms with Crippen LogP contribution in [0.25, 0.3) is 0 Å². The number of piperazine rings is 1. The van der Waals surface area contributed by atoms with Gasteiger partial charge in [-0.1, -0.05) is 6.92 Å². The summed E-state index contributed by atoms with van der Waals surface area (Å²) in [5.41, 5.74) is 10.3. The Bertz CT molecular complexity index is 444. The van der Waals surface area contributed by atoms with Crippen LogP contribution in [0.1, 0.15) is 30.7 Å². The molecule has 1 saturated heterocycles. The highest BCUT2D eigenvalue weighted by molar-refractivity contribution is 5.53. The van der Waals surface area contributed by atoms with E-state index in [1.54, 1.807) is 0 Å². The van der Waals surface area contributed by atoms with Crippen LogP contribution < -0.4 is 5.73 Å². The maximum atomic E-state index is 6.09. The lowest BCUT2D eigenvalue weighted by Gasteiger charge is -2.39. The first-order valence-corrected chi connectivity index (χ1v) is 7.19. The van der Waals surface area contributed by atoms with Crippen LogP contribution in [-0.2, 0) is 6.54 Å². The number of rotatable bonds is 3. The zero-order valence-corrected chi connectivity index (χ0v) is 12.6. The first kappa shape index (κ1) is 14.3. The molecule has 1 aliphatic heterocycles. The van der Waals surface area contributed by atoms with Gasteiger partial charge in [0.25, 0.3) is 0 Å². The van der Waals surface area contributed by atoms with E-state index in [2.05, 4.69) is 35.6 Å². The number of aryl methyl sites for hydroxylation is 1. The summed E-state index contributed by atoms with van der Waals surface area (Å²) in [6.07, 6.45) is 1.89. The van der Waals surface area contributed by atoms with Crippen molar-refractivity contribution in [3.63, 3.8) is 0 Å². The van der Waals surface area contributed by atoms with Gasteiger partial charge in [0.05, 0.1) is 5.69 Å². The molecule has 1 aromatic rings. The minimum absolute atomic E-state index is 0.627. The molecule has 0 aliphatic carbocycles. The first-order valence-electron chi connectivity index (χ1n) is 7.19. The Kier molecular flexibility index (Phi) is 4.42. The molecule has 1 atom stereocenters. The monoisotopic (exact) mass is 262 g/mol. The SMILES string of the molecule is CCN1CCN(Cc2ncc(C)c(N)c2C)CC1C. The van der Waals surface area contributed by atoms with Gasteiger partial charge in [-0.05, 0) is 38.4 Å². The van der Waals surface area contributed by atoms with E-state index in [0.29, 0.717) is 6.04 Å². The maximum Gasteiger partial charge on any atom is 0.0593 e. The molecule has 4 heteroatoms. The normalized spacial score (nSPS) is 21.8. The Labute approximate surface area is 116 Å². The molecule has 0 amide bonds. The fourth-order valence-corrected chi connectivity index (χ4v) is 2.85. The fraction of sp³-hybridized carbons (Fsp3) is 0.667. The van der Waals surface area contributed by atoms with Crippen molar-refractivity contribution in [3.05, 3.63) is 23.0 Å². The third-order valence-corrected chi connectivity index (χ3v) is 4.30. The van der Waals surface area contributed by atoms with Crippen molar-refractivity contribution in [3.8, 4) is 0 Å². The van der Waals surface area contributed by atoms with Crippen molar-refractivity contribution in [2.75, 3.05) is 31.9 Å². The van der Waals surface area contributed by atoms with Gasteiger partial charge in [-0.25, -0.2) is 0 Å². The lowest BCUT2D eigenvalue weighted by Crippen LogP contribution is -2.51. The third-order valence-electron chi connectivity index (χ3n) is 4.30. The smallest absolute Gasteiger partial charge is 0.0593 e. The molecule has 1 aromatic heterocycles. The molecule has 1 aliphatic rings. The lowest BCUT2D eigenvalue weighted by atomic mass is 10.1. The largest absolute Gasteiger partial charge is 0.398 e. The second-order valence-electron chi connectivity index (χ2n) is 5.64. The van der Waals surface area contributed by atoms with Crippen LogP contribution in [0.5, 0.6) is 0 Å². The predicted octanol–water partition coefficient (Wildman–Crippen LogP) is 1.81. The van der Waals surface area contributed by atoms with Crippen LogP contribution in [0.2, 0.25) is 0 Å². The van der Waals surface area contributed by atoms with Crippen molar-refractivity contribution in [1.29, 1.82) is 0 Å². The molecule has 4 nitrogen and oxygen atoms in total. The number of nitrogens with zero attached hydrogens (tertiary/aromatic N) is 3. The van der Waals surface area contributed by atoms with Crippen molar-refractivity contribution in [1.82, 2.24) is 14.8 Å². The van der Waals surface area contributed by atoms with Gasteiger partial charge in [-0.2, -0.15) is 0 Å². The predicted molar refractivity (Wildman–Crippen MR) is 80.1 cm³/mol. The summed E-state index contributed by atoms with van der Waals surface area (Å²) in [4.78, 5) is 9.58. The molecule has 2 N–H and O–H groups in total. The molecule has 0 radical (unpaired) electrons. The van der Waals surface area contributed by atoms with Gasteiger partial charge in [0.2, 0.25) is 0 Å². The van der Waals surface area contributed by atoms with Crippen molar-refractivity contribution < 1.29 is 0 Å². The number of aromatic nitrogens is 1. The minimum atomic E-state index is 0.627. The zero-order valence-electron chi connectivity index (χ0n) is 12.6. The number of nitrogen functional groups attached to an aromatic ring is 1. The number of hydrogen-bond donors (Lipinski definition) is 1. The number of anilines is 1. The summed E-state index contributed by atoms with van der Waals surface area (Å²) in [6, 6.07) is 0.627. The van der Waals surface area contributed by atoms with E-state index in [1.807, 2.05) is 13.1 Å². The summed E-state index contributed by atoms with van der Waals surface area (Å²) in [5, 5.41) is 0. The first-order chi connectivity index (χ1) is 9.02. The van der Waals surface area contributed by atoms with Gasteiger partial charge in [-0.3, -0.25) is 14.8 Å². The highest BCUT2D eigenvalue weighted by Gasteiger charge is 2.23. The molecule has 0 aromatic carbocycles. The van der Waals surface area contributed by atoms with E-state index >= 15 is 0 Å². The fourth-order valence-electron chi connectivity index (χ4n) is 2.85. The van der Waals surface area contributed by atoms with E-state index in [4.69, 9.17) is 5.73 Å². The molecular formula is C15H26N4. The summed E-state index contributed by atoms with van der Waals surface area (Å²) < 4.78 is 0. The second-order valence-corrected chi connectivity index (χ2v) is 5.64. The van der Waals surface area contributed by atoms with Crippen LogP contribution in [0.4, 0.5) is 5.69 Å². The minimum Gasteiger partial charge on any atom is -0.398 e. The van der Waals surface area contributed by atoms with Crippen molar-refractivity contribution >= 4 is 5.69 Å². The second kappa shape index (κ2) is 5.88. The number of hydrogen-bond acceptors (Lipinski definition) is 4. The van der Waals surface area contributed by atoms with Crippen LogP contribution in [0.3, 0.4) is 0 Å². The average Bonchev–Trinajstić information content (AvgIpc) is 2.40. The average molecular weight is 262 g/mol. The summed E-state index contributed by atoms with van der Waals surface area (Å²) in [7, 11) is 0. The molecule has 19 heavy (non-hydrogen) atoms. The molecule has 2 heterocycles. The molecular weight excluding hydrogens is 236 g/mol. The standard InChI is InChI=1S/C15H26N4/c1-5-19-7-6-18(9-12(19)3)10-14-13(4)15(16)11(2)8-17-14/h8,12H,5-7,9-10H2,1-4H3,(H2,16,17). The molecule has 1 fully saturated rings. The van der Waals surface area contributed by atoms with Gasteiger partial charge in [0, 0.05) is 44.1 Å². The summed E-state index contributed by atoms with van der Waals surface area (Å²) >= 11 is 0. The topological polar surface area (TPSA) is 45.4 Å². The number of likely N-dealkylation sites (N-methyl/N-ethyl adjacent to an activating group) is 1. The number of pyridine rings is 1. The van der Waals surface area contributed by atoms with E-state index in [1.165, 1.54) is 0 Å². The molecule has 0 saturated carbocycles. The van der Waals surface area contributed by atoms with Crippen molar-refractivity contribution in [2.45, 2.75) is 40.3 Å². The van der Waals surface area contributed by atoms with E-state index in [0.717, 1.165) is 55.2 Å². The van der Waals surface area contributed by atoms with Crippen LogP contribution in [0, 0.1) is 13.8 Å². The van der Waals surface area contributed by atoms with Gasteiger partial charge in [0.15, 0.2) is 0 Å². The lowest BCUT2D eigenvalue weighted by molar-refractivity contribution is 0.0825. The van der Waals surface area contributed by atoms with E-state index in [9.17, 15) is 0 Å². The van der Waals surface area contributed by atoms with E-state index in [-0.39, 0.29) is 0 Å². The Hall–Kier alpha value is -1.13.